The van der Waals surface area contributed by atoms with E-state index in [2.05, 4.69) is 22.7 Å². The van der Waals surface area contributed by atoms with E-state index in [-0.39, 0.29) is 5.11 Å². The largest absolute Gasteiger partial charge is 0.457 e. The monoisotopic (exact) mass is 285 g/mol. The minimum Gasteiger partial charge on any atom is -0.457 e. The van der Waals surface area contributed by atoms with Gasteiger partial charge in [-0.25, -0.2) is 0 Å². The lowest BCUT2D eigenvalue weighted by Gasteiger charge is -2.06. The summed E-state index contributed by atoms with van der Waals surface area (Å²) < 4.78 is 5.76. The number of rotatable bonds is 4. The molecule has 0 spiro atoms. The van der Waals surface area contributed by atoms with E-state index in [1.54, 1.807) is 6.21 Å². The second-order valence-electron chi connectivity index (χ2n) is 4.22. The van der Waals surface area contributed by atoms with Gasteiger partial charge in [0.25, 0.3) is 0 Å². The molecule has 0 fully saturated rings. The fourth-order valence-corrected chi connectivity index (χ4v) is 1.66. The molecule has 2 aromatic rings. The highest BCUT2D eigenvalue weighted by molar-refractivity contribution is 7.80. The third-order valence-electron chi connectivity index (χ3n) is 2.49. The van der Waals surface area contributed by atoms with Crippen molar-refractivity contribution in [2.75, 3.05) is 0 Å². The molecule has 0 bridgehead atoms. The van der Waals surface area contributed by atoms with Gasteiger partial charge in [-0.1, -0.05) is 12.1 Å². The maximum absolute atomic E-state index is 5.76. The van der Waals surface area contributed by atoms with Crippen molar-refractivity contribution in [3.05, 3.63) is 59.7 Å². The van der Waals surface area contributed by atoms with E-state index >= 15 is 0 Å². The van der Waals surface area contributed by atoms with E-state index in [9.17, 15) is 0 Å². The molecule has 0 amide bonds. The lowest BCUT2D eigenvalue weighted by Crippen LogP contribution is -2.23. The lowest BCUT2D eigenvalue weighted by molar-refractivity contribution is 0.482. The van der Waals surface area contributed by atoms with Crippen molar-refractivity contribution < 1.29 is 4.74 Å². The fourth-order valence-electron chi connectivity index (χ4n) is 1.61. The standard InChI is InChI=1S/C15H15N3OS/c1-11-3-2-4-14(9-11)19-13-7-5-12(6-8-13)10-17-18-15(16)20/h2-10H,1H3,(H3,16,18,20). The third-order valence-corrected chi connectivity index (χ3v) is 2.58. The number of ether oxygens (including phenoxy) is 1. The van der Waals surface area contributed by atoms with Crippen LogP contribution in [0, 0.1) is 6.92 Å². The zero-order chi connectivity index (χ0) is 14.4. The number of nitrogens with two attached hydrogens (primary N) is 1. The van der Waals surface area contributed by atoms with Gasteiger partial charge in [0.2, 0.25) is 0 Å². The number of aryl methyl sites for hydroxylation is 1. The molecule has 102 valence electrons. The predicted molar refractivity (Wildman–Crippen MR) is 85.2 cm³/mol. The highest BCUT2D eigenvalue weighted by Gasteiger charge is 1.97. The fraction of sp³-hybridized carbons (Fsp3) is 0.0667. The molecule has 0 aliphatic carbocycles. The van der Waals surface area contributed by atoms with Crippen molar-refractivity contribution in [1.29, 1.82) is 0 Å². The molecule has 2 aromatic carbocycles. The summed E-state index contributed by atoms with van der Waals surface area (Å²) in [6, 6.07) is 15.5. The number of nitrogens with zero attached hydrogens (tertiary/aromatic N) is 1. The average Bonchev–Trinajstić information content (AvgIpc) is 2.40. The minimum absolute atomic E-state index is 0.139. The molecule has 0 radical (unpaired) electrons. The molecule has 0 heterocycles. The van der Waals surface area contributed by atoms with Crippen LogP contribution in [0.3, 0.4) is 0 Å². The van der Waals surface area contributed by atoms with E-state index in [0.29, 0.717) is 0 Å². The zero-order valence-electron chi connectivity index (χ0n) is 11.0. The molecule has 0 aliphatic heterocycles. The Labute approximate surface area is 123 Å². The van der Waals surface area contributed by atoms with E-state index in [1.165, 1.54) is 0 Å². The normalized spacial score (nSPS) is 10.4. The Bertz CT molecular complexity index is 623. The SMILES string of the molecule is Cc1cccc(Oc2ccc(C=NNC(N)=S)cc2)c1. The molecule has 3 N–H and O–H groups in total. The van der Waals surface area contributed by atoms with Crippen molar-refractivity contribution >= 4 is 23.5 Å². The maximum Gasteiger partial charge on any atom is 0.184 e. The average molecular weight is 285 g/mol. The van der Waals surface area contributed by atoms with E-state index in [0.717, 1.165) is 22.6 Å². The molecule has 0 saturated heterocycles. The second kappa shape index (κ2) is 6.68. The Kier molecular flexibility index (Phi) is 4.68. The van der Waals surface area contributed by atoms with Crippen LogP contribution >= 0.6 is 12.2 Å². The van der Waals surface area contributed by atoms with Gasteiger partial charge in [0.05, 0.1) is 6.21 Å². The molecule has 0 saturated carbocycles. The summed E-state index contributed by atoms with van der Waals surface area (Å²) in [6.07, 6.45) is 1.63. The van der Waals surface area contributed by atoms with Crippen molar-refractivity contribution in [2.24, 2.45) is 10.8 Å². The first-order valence-electron chi connectivity index (χ1n) is 6.06. The molecular formula is C15H15N3OS. The maximum atomic E-state index is 5.76. The third kappa shape index (κ3) is 4.37. The van der Waals surface area contributed by atoms with Crippen LogP contribution in [0.2, 0.25) is 0 Å². The van der Waals surface area contributed by atoms with E-state index in [1.807, 2.05) is 55.5 Å². The van der Waals surface area contributed by atoms with Crippen LogP contribution in [0.4, 0.5) is 0 Å². The van der Waals surface area contributed by atoms with Gasteiger partial charge in [0.1, 0.15) is 11.5 Å². The Morgan fingerprint density at radius 2 is 1.95 bits per heavy atom. The Balaban J connectivity index is 2.01. The van der Waals surface area contributed by atoms with Crippen molar-refractivity contribution in [3.63, 3.8) is 0 Å². The Morgan fingerprint density at radius 3 is 2.60 bits per heavy atom. The van der Waals surface area contributed by atoms with Crippen molar-refractivity contribution in [2.45, 2.75) is 6.92 Å². The quantitative estimate of drug-likeness (QED) is 0.515. The van der Waals surface area contributed by atoms with Crippen molar-refractivity contribution in [1.82, 2.24) is 5.43 Å². The molecule has 5 heteroatoms. The summed E-state index contributed by atoms with van der Waals surface area (Å²) in [7, 11) is 0. The van der Waals surface area contributed by atoms with Gasteiger partial charge in [-0.2, -0.15) is 5.10 Å². The van der Waals surface area contributed by atoms with Gasteiger partial charge in [-0.3, -0.25) is 5.43 Å². The van der Waals surface area contributed by atoms with E-state index < -0.39 is 0 Å². The smallest absolute Gasteiger partial charge is 0.184 e. The number of hydrazone groups is 1. The van der Waals surface area contributed by atoms with Gasteiger partial charge < -0.3 is 10.5 Å². The second-order valence-corrected chi connectivity index (χ2v) is 4.66. The van der Waals surface area contributed by atoms with Crippen LogP contribution in [-0.4, -0.2) is 11.3 Å². The summed E-state index contributed by atoms with van der Waals surface area (Å²) in [5.74, 6) is 1.59. The van der Waals surface area contributed by atoms with Gasteiger partial charge in [0.15, 0.2) is 5.11 Å². The molecule has 0 aromatic heterocycles. The lowest BCUT2D eigenvalue weighted by atomic mass is 10.2. The van der Waals surface area contributed by atoms with Gasteiger partial charge in [-0.15, -0.1) is 0 Å². The molecule has 0 unspecified atom stereocenters. The zero-order valence-corrected chi connectivity index (χ0v) is 11.9. The van der Waals surface area contributed by atoms with Crippen molar-refractivity contribution in [3.8, 4) is 11.5 Å². The molecular weight excluding hydrogens is 270 g/mol. The topological polar surface area (TPSA) is 59.6 Å². The van der Waals surface area contributed by atoms with E-state index in [4.69, 9.17) is 10.5 Å². The van der Waals surface area contributed by atoms with Crippen LogP contribution in [0.1, 0.15) is 11.1 Å². The molecule has 0 atom stereocenters. The summed E-state index contributed by atoms with van der Waals surface area (Å²) in [6.45, 7) is 2.03. The highest BCUT2D eigenvalue weighted by Crippen LogP contribution is 2.22. The molecule has 0 aliphatic rings. The summed E-state index contributed by atoms with van der Waals surface area (Å²) >= 11 is 4.65. The predicted octanol–water partition coefficient (Wildman–Crippen LogP) is 2.95. The highest BCUT2D eigenvalue weighted by atomic mass is 32.1. The van der Waals surface area contributed by atoms with Crippen LogP contribution in [0.15, 0.2) is 53.6 Å². The molecule has 20 heavy (non-hydrogen) atoms. The van der Waals surface area contributed by atoms with Gasteiger partial charge in [-0.05, 0) is 66.7 Å². The number of hydrogen-bond donors (Lipinski definition) is 2. The first-order valence-corrected chi connectivity index (χ1v) is 6.47. The van der Waals surface area contributed by atoms with Gasteiger partial charge in [0, 0.05) is 0 Å². The Morgan fingerprint density at radius 1 is 1.20 bits per heavy atom. The summed E-state index contributed by atoms with van der Waals surface area (Å²) in [5, 5.41) is 4.02. The number of benzene rings is 2. The number of hydrogen-bond acceptors (Lipinski definition) is 3. The van der Waals surface area contributed by atoms with Crippen LogP contribution in [0.5, 0.6) is 11.5 Å². The van der Waals surface area contributed by atoms with Gasteiger partial charge >= 0.3 is 0 Å². The molecule has 4 nitrogen and oxygen atoms in total. The van der Waals surface area contributed by atoms with Crippen LogP contribution < -0.4 is 15.9 Å². The summed E-state index contributed by atoms with van der Waals surface area (Å²) in [5.41, 5.74) is 9.85. The summed E-state index contributed by atoms with van der Waals surface area (Å²) in [4.78, 5) is 0. The van der Waals surface area contributed by atoms with Crippen LogP contribution in [-0.2, 0) is 0 Å². The first kappa shape index (κ1) is 14.0. The number of thiocarbonyl (C=S) groups is 1. The molecule has 2 rings (SSSR count). The van der Waals surface area contributed by atoms with Crippen LogP contribution in [0.25, 0.3) is 0 Å². The minimum atomic E-state index is 0.139. The first-order chi connectivity index (χ1) is 9.63. The Hall–Kier alpha value is -2.40. The number of nitrogens with one attached hydrogen (secondary N) is 1.